The quantitative estimate of drug-likeness (QED) is 0.855. The largest absolute Gasteiger partial charge is 0.497 e. The summed E-state index contributed by atoms with van der Waals surface area (Å²) in [5.74, 6) is 1.77. The first-order valence-corrected chi connectivity index (χ1v) is 6.43. The van der Waals surface area contributed by atoms with Crippen LogP contribution in [0.25, 0.3) is 0 Å². The van der Waals surface area contributed by atoms with E-state index in [2.05, 4.69) is 15.3 Å². The van der Waals surface area contributed by atoms with E-state index < -0.39 is 0 Å². The zero-order valence-corrected chi connectivity index (χ0v) is 12.3. The third kappa shape index (κ3) is 3.52. The SMILES string of the molecule is COc1ccc(CNc2nc(Cl)ncc2C#N)c(OC)c1. The maximum Gasteiger partial charge on any atom is 0.224 e. The minimum Gasteiger partial charge on any atom is -0.497 e. The van der Waals surface area contributed by atoms with E-state index in [1.54, 1.807) is 20.3 Å². The van der Waals surface area contributed by atoms with Crippen LogP contribution in [0.3, 0.4) is 0 Å². The van der Waals surface area contributed by atoms with Gasteiger partial charge in [0.25, 0.3) is 0 Å². The number of anilines is 1. The first-order valence-electron chi connectivity index (χ1n) is 6.05. The van der Waals surface area contributed by atoms with Crippen molar-refractivity contribution in [2.45, 2.75) is 6.54 Å². The molecule has 2 aromatic rings. The molecule has 1 heterocycles. The number of nitrogens with zero attached hydrogens (tertiary/aromatic N) is 3. The van der Waals surface area contributed by atoms with Gasteiger partial charge in [-0.1, -0.05) is 0 Å². The number of methoxy groups -OCH3 is 2. The van der Waals surface area contributed by atoms with Gasteiger partial charge in [0.05, 0.1) is 20.4 Å². The summed E-state index contributed by atoms with van der Waals surface area (Å²) in [6.45, 7) is 0.426. The number of nitriles is 1. The van der Waals surface area contributed by atoms with Crippen LogP contribution in [0.15, 0.2) is 24.4 Å². The van der Waals surface area contributed by atoms with Gasteiger partial charge in [-0.15, -0.1) is 0 Å². The normalized spacial score (nSPS) is 9.81. The van der Waals surface area contributed by atoms with E-state index in [1.807, 2.05) is 18.2 Å². The summed E-state index contributed by atoms with van der Waals surface area (Å²) in [6, 6.07) is 7.50. The van der Waals surface area contributed by atoms with Crippen molar-refractivity contribution >= 4 is 17.4 Å². The summed E-state index contributed by atoms with van der Waals surface area (Å²) < 4.78 is 10.5. The maximum atomic E-state index is 9.02. The summed E-state index contributed by atoms with van der Waals surface area (Å²) in [7, 11) is 3.18. The van der Waals surface area contributed by atoms with Crippen molar-refractivity contribution in [3.63, 3.8) is 0 Å². The zero-order valence-electron chi connectivity index (χ0n) is 11.6. The van der Waals surface area contributed by atoms with Gasteiger partial charge >= 0.3 is 0 Å². The fraction of sp³-hybridized carbons (Fsp3) is 0.214. The Kier molecular flexibility index (Phi) is 4.80. The second-order valence-electron chi connectivity index (χ2n) is 4.04. The van der Waals surface area contributed by atoms with Gasteiger partial charge in [-0.3, -0.25) is 0 Å². The Labute approximate surface area is 127 Å². The Hall–Kier alpha value is -2.52. The van der Waals surface area contributed by atoms with Gasteiger partial charge in [-0.25, -0.2) is 4.98 Å². The number of hydrogen-bond donors (Lipinski definition) is 1. The molecule has 6 nitrogen and oxygen atoms in total. The number of halogens is 1. The number of benzene rings is 1. The molecule has 0 atom stereocenters. The van der Waals surface area contributed by atoms with Gasteiger partial charge in [-0.05, 0) is 23.7 Å². The molecule has 0 amide bonds. The van der Waals surface area contributed by atoms with Crippen molar-refractivity contribution in [2.75, 3.05) is 19.5 Å². The molecule has 0 unspecified atom stereocenters. The third-order valence-corrected chi connectivity index (χ3v) is 3.00. The number of nitrogens with one attached hydrogen (secondary N) is 1. The monoisotopic (exact) mass is 304 g/mol. The molecule has 1 N–H and O–H groups in total. The van der Waals surface area contributed by atoms with Crippen molar-refractivity contribution in [3.8, 4) is 17.6 Å². The lowest BCUT2D eigenvalue weighted by molar-refractivity contribution is 0.391. The second kappa shape index (κ2) is 6.77. The Morgan fingerprint density at radius 1 is 1.33 bits per heavy atom. The first kappa shape index (κ1) is 14.9. The molecule has 1 aromatic heterocycles. The van der Waals surface area contributed by atoms with Crippen LogP contribution in [-0.2, 0) is 6.54 Å². The molecule has 108 valence electrons. The van der Waals surface area contributed by atoms with Crippen molar-refractivity contribution in [2.24, 2.45) is 0 Å². The summed E-state index contributed by atoms with van der Waals surface area (Å²) in [6.07, 6.45) is 1.38. The van der Waals surface area contributed by atoms with Gasteiger partial charge in [0.15, 0.2) is 0 Å². The Bertz CT molecular complexity index is 685. The summed E-state index contributed by atoms with van der Waals surface area (Å²) in [4.78, 5) is 7.78. The second-order valence-corrected chi connectivity index (χ2v) is 4.38. The van der Waals surface area contributed by atoms with Crippen LogP contribution >= 0.6 is 11.6 Å². The van der Waals surface area contributed by atoms with Gasteiger partial charge in [0.1, 0.15) is 28.9 Å². The van der Waals surface area contributed by atoms with Crippen LogP contribution < -0.4 is 14.8 Å². The highest BCUT2D eigenvalue weighted by Crippen LogP contribution is 2.25. The lowest BCUT2D eigenvalue weighted by Crippen LogP contribution is -2.06. The molecule has 0 radical (unpaired) electrons. The molecule has 0 fully saturated rings. The van der Waals surface area contributed by atoms with Crippen molar-refractivity contribution in [1.82, 2.24) is 9.97 Å². The van der Waals surface area contributed by atoms with Crippen molar-refractivity contribution in [1.29, 1.82) is 5.26 Å². The molecule has 1 aromatic carbocycles. The predicted octanol–water partition coefficient (Wildman–Crippen LogP) is 2.63. The predicted molar refractivity (Wildman–Crippen MR) is 78.6 cm³/mol. The first-order chi connectivity index (χ1) is 10.2. The Morgan fingerprint density at radius 3 is 2.81 bits per heavy atom. The van der Waals surface area contributed by atoms with Crippen molar-refractivity contribution in [3.05, 3.63) is 40.8 Å². The maximum absolute atomic E-state index is 9.02. The van der Waals surface area contributed by atoms with Crippen LogP contribution in [0.1, 0.15) is 11.1 Å². The minimum absolute atomic E-state index is 0.0817. The average Bonchev–Trinajstić information content (AvgIpc) is 2.52. The molecule has 7 heteroatoms. The smallest absolute Gasteiger partial charge is 0.224 e. The van der Waals surface area contributed by atoms with Crippen LogP contribution in [0.5, 0.6) is 11.5 Å². The van der Waals surface area contributed by atoms with Gasteiger partial charge in [0, 0.05) is 18.2 Å². The van der Waals surface area contributed by atoms with E-state index in [-0.39, 0.29) is 5.28 Å². The van der Waals surface area contributed by atoms with Crippen LogP contribution in [-0.4, -0.2) is 24.2 Å². The van der Waals surface area contributed by atoms with Crippen molar-refractivity contribution < 1.29 is 9.47 Å². The number of ether oxygens (including phenoxy) is 2. The van der Waals surface area contributed by atoms with E-state index in [4.69, 9.17) is 26.3 Å². The highest BCUT2D eigenvalue weighted by Gasteiger charge is 2.09. The number of hydrogen-bond acceptors (Lipinski definition) is 6. The molecule has 0 aliphatic heterocycles. The third-order valence-electron chi connectivity index (χ3n) is 2.82. The summed E-state index contributed by atoms with van der Waals surface area (Å²) in [5, 5.41) is 12.2. The zero-order chi connectivity index (χ0) is 15.2. The summed E-state index contributed by atoms with van der Waals surface area (Å²) >= 11 is 5.74. The molecular formula is C14H13ClN4O2. The van der Waals surface area contributed by atoms with E-state index in [9.17, 15) is 0 Å². The fourth-order valence-electron chi connectivity index (χ4n) is 1.75. The van der Waals surface area contributed by atoms with Gasteiger partial charge < -0.3 is 14.8 Å². The Morgan fingerprint density at radius 2 is 2.14 bits per heavy atom. The molecule has 0 aliphatic rings. The van der Waals surface area contributed by atoms with E-state index in [0.717, 1.165) is 5.56 Å². The highest BCUT2D eigenvalue weighted by atomic mass is 35.5. The number of aromatic nitrogens is 2. The molecule has 21 heavy (non-hydrogen) atoms. The fourth-order valence-corrected chi connectivity index (χ4v) is 1.89. The lowest BCUT2D eigenvalue weighted by atomic mass is 10.2. The molecule has 0 aliphatic carbocycles. The summed E-state index contributed by atoms with van der Waals surface area (Å²) in [5.41, 5.74) is 1.23. The molecule has 0 saturated carbocycles. The number of rotatable bonds is 5. The molecule has 0 bridgehead atoms. The van der Waals surface area contributed by atoms with E-state index in [1.165, 1.54) is 6.20 Å². The van der Waals surface area contributed by atoms with Crippen LogP contribution in [0.2, 0.25) is 5.28 Å². The lowest BCUT2D eigenvalue weighted by Gasteiger charge is -2.12. The van der Waals surface area contributed by atoms with E-state index >= 15 is 0 Å². The van der Waals surface area contributed by atoms with Crippen LogP contribution in [0, 0.1) is 11.3 Å². The van der Waals surface area contributed by atoms with Gasteiger partial charge in [-0.2, -0.15) is 10.2 Å². The molecule has 2 rings (SSSR count). The topological polar surface area (TPSA) is 80.1 Å². The molecule has 0 saturated heterocycles. The Balaban J connectivity index is 2.20. The van der Waals surface area contributed by atoms with Gasteiger partial charge in [0.2, 0.25) is 5.28 Å². The highest BCUT2D eigenvalue weighted by molar-refractivity contribution is 6.28. The molecular weight excluding hydrogens is 292 g/mol. The molecule has 0 spiro atoms. The standard InChI is InChI=1S/C14H13ClN4O2/c1-20-11-4-3-9(12(5-11)21-2)7-17-13-10(6-16)8-18-14(15)19-13/h3-5,8H,7H2,1-2H3,(H,17,18,19). The average molecular weight is 305 g/mol. The van der Waals surface area contributed by atoms with Crippen LogP contribution in [0.4, 0.5) is 5.82 Å². The minimum atomic E-state index is 0.0817. The van der Waals surface area contributed by atoms with E-state index in [0.29, 0.717) is 29.4 Å².